The summed E-state index contributed by atoms with van der Waals surface area (Å²) in [4.78, 5) is 21.9. The lowest BCUT2D eigenvalue weighted by atomic mass is 9.87. The van der Waals surface area contributed by atoms with E-state index in [0.29, 0.717) is 23.4 Å². The van der Waals surface area contributed by atoms with Gasteiger partial charge in [0, 0.05) is 10.6 Å². The van der Waals surface area contributed by atoms with Crippen LogP contribution in [-0.2, 0) is 15.9 Å². The molecule has 19 heavy (non-hydrogen) atoms. The van der Waals surface area contributed by atoms with Crippen molar-refractivity contribution in [2.75, 3.05) is 0 Å². The van der Waals surface area contributed by atoms with Crippen molar-refractivity contribution < 1.29 is 19.1 Å². The van der Waals surface area contributed by atoms with Crippen molar-refractivity contribution in [1.29, 1.82) is 0 Å². The summed E-state index contributed by atoms with van der Waals surface area (Å²) < 4.78 is 10.00. The molecule has 0 fully saturated rings. The van der Waals surface area contributed by atoms with E-state index in [1.807, 2.05) is 6.07 Å². The number of fused-ring (bicyclic) bond motifs is 1. The third-order valence-corrected chi connectivity index (χ3v) is 3.30. The molecule has 0 bridgehead atoms. The molecule has 0 unspecified atom stereocenters. The zero-order valence-electron chi connectivity index (χ0n) is 9.97. The highest BCUT2D eigenvalue weighted by Gasteiger charge is 2.36. The molecule has 2 atom stereocenters. The summed E-state index contributed by atoms with van der Waals surface area (Å²) in [6.45, 7) is 0. The minimum absolute atomic E-state index is 0.432. The van der Waals surface area contributed by atoms with Gasteiger partial charge in [-0.3, -0.25) is 0 Å². The van der Waals surface area contributed by atoms with Crippen molar-refractivity contribution >= 4 is 23.8 Å². The van der Waals surface area contributed by atoms with Crippen LogP contribution in [0.5, 0.6) is 0 Å². The minimum atomic E-state index is -0.962. The van der Waals surface area contributed by atoms with Crippen molar-refractivity contribution in [2.45, 2.75) is 25.0 Å². The number of nitrogens with two attached hydrogens (primary N) is 2. The SMILES string of the molecule is NC(=O)O[C@H]1CCc2cccc(Cl)c2[C@H]1OC(N)=O. The predicted octanol–water partition coefficient (Wildman–Crippen LogP) is 1.89. The molecule has 102 valence electrons. The quantitative estimate of drug-likeness (QED) is 0.865. The van der Waals surface area contributed by atoms with Gasteiger partial charge >= 0.3 is 12.2 Å². The molecule has 1 aliphatic carbocycles. The van der Waals surface area contributed by atoms with Crippen LogP contribution < -0.4 is 11.5 Å². The molecule has 1 aromatic rings. The summed E-state index contributed by atoms with van der Waals surface area (Å²) in [6, 6.07) is 5.35. The number of rotatable bonds is 2. The van der Waals surface area contributed by atoms with Gasteiger partial charge in [-0.15, -0.1) is 0 Å². The Labute approximate surface area is 114 Å². The molecular formula is C12H13ClN2O4. The molecule has 0 heterocycles. The zero-order valence-corrected chi connectivity index (χ0v) is 10.7. The zero-order chi connectivity index (χ0) is 14.0. The topological polar surface area (TPSA) is 105 Å². The summed E-state index contributed by atoms with van der Waals surface area (Å²) in [7, 11) is 0. The van der Waals surface area contributed by atoms with Crippen LogP contribution in [0, 0.1) is 0 Å². The fraction of sp³-hybridized carbons (Fsp3) is 0.333. The van der Waals surface area contributed by atoms with Gasteiger partial charge in [-0.05, 0) is 24.5 Å². The number of halogens is 1. The van der Waals surface area contributed by atoms with E-state index in [0.717, 1.165) is 5.56 Å². The van der Waals surface area contributed by atoms with Gasteiger partial charge in [0.15, 0.2) is 6.10 Å². The molecule has 0 spiro atoms. The first kappa shape index (κ1) is 13.5. The normalized spacial score (nSPS) is 21.3. The number of ether oxygens (including phenoxy) is 2. The average molecular weight is 285 g/mol. The lowest BCUT2D eigenvalue weighted by molar-refractivity contribution is -0.0141. The van der Waals surface area contributed by atoms with Crippen LogP contribution in [0.15, 0.2) is 18.2 Å². The second kappa shape index (κ2) is 5.36. The first-order valence-electron chi connectivity index (χ1n) is 5.68. The van der Waals surface area contributed by atoms with Crippen LogP contribution in [-0.4, -0.2) is 18.3 Å². The van der Waals surface area contributed by atoms with Gasteiger partial charge in [-0.25, -0.2) is 9.59 Å². The Morgan fingerprint density at radius 1 is 1.21 bits per heavy atom. The molecule has 4 N–H and O–H groups in total. The van der Waals surface area contributed by atoms with E-state index in [1.54, 1.807) is 12.1 Å². The molecule has 2 rings (SSSR count). The summed E-state index contributed by atoms with van der Waals surface area (Å²) in [6.07, 6.45) is -2.28. The van der Waals surface area contributed by atoms with Gasteiger partial charge in [0.05, 0.1) is 0 Å². The standard InChI is InChI=1S/C12H13ClN2O4/c13-7-3-1-2-6-4-5-8(18-11(14)16)10(9(6)7)19-12(15)17/h1-3,8,10H,4-5H2,(H2,14,16)(H2,15,17)/t8-,10-/m0/s1. The summed E-state index contributed by atoms with van der Waals surface area (Å²) in [5.74, 6) is 0. The van der Waals surface area contributed by atoms with E-state index >= 15 is 0 Å². The Morgan fingerprint density at radius 3 is 2.53 bits per heavy atom. The molecule has 1 aliphatic rings. The van der Waals surface area contributed by atoms with Crippen molar-refractivity contribution in [3.63, 3.8) is 0 Å². The monoisotopic (exact) mass is 284 g/mol. The highest BCUT2D eigenvalue weighted by atomic mass is 35.5. The molecule has 0 radical (unpaired) electrons. The Kier molecular flexibility index (Phi) is 3.80. The lowest BCUT2D eigenvalue weighted by Crippen LogP contribution is -2.36. The minimum Gasteiger partial charge on any atom is -0.442 e. The van der Waals surface area contributed by atoms with Crippen molar-refractivity contribution in [3.8, 4) is 0 Å². The van der Waals surface area contributed by atoms with Gasteiger partial charge in [-0.2, -0.15) is 0 Å². The van der Waals surface area contributed by atoms with Crippen LogP contribution in [0.1, 0.15) is 23.7 Å². The lowest BCUT2D eigenvalue weighted by Gasteiger charge is -2.32. The number of hydrogen-bond acceptors (Lipinski definition) is 4. The molecule has 0 saturated carbocycles. The van der Waals surface area contributed by atoms with Crippen molar-refractivity contribution in [2.24, 2.45) is 11.5 Å². The molecule has 0 aromatic heterocycles. The van der Waals surface area contributed by atoms with E-state index in [4.69, 9.17) is 32.5 Å². The Balaban J connectivity index is 2.39. The molecule has 6 nitrogen and oxygen atoms in total. The molecular weight excluding hydrogens is 272 g/mol. The third-order valence-electron chi connectivity index (χ3n) is 2.97. The number of primary amides is 2. The molecule has 1 aromatic carbocycles. The highest BCUT2D eigenvalue weighted by Crippen LogP contribution is 2.38. The first-order chi connectivity index (χ1) is 8.99. The maximum absolute atomic E-state index is 11.0. The van der Waals surface area contributed by atoms with Crippen LogP contribution in [0.25, 0.3) is 0 Å². The van der Waals surface area contributed by atoms with E-state index in [1.165, 1.54) is 0 Å². The Morgan fingerprint density at radius 2 is 1.89 bits per heavy atom. The Hall–Kier alpha value is -1.95. The van der Waals surface area contributed by atoms with Crippen molar-refractivity contribution in [3.05, 3.63) is 34.3 Å². The highest BCUT2D eigenvalue weighted by molar-refractivity contribution is 6.31. The maximum atomic E-state index is 11.0. The fourth-order valence-electron chi connectivity index (χ4n) is 2.28. The Bertz CT molecular complexity index is 520. The first-order valence-corrected chi connectivity index (χ1v) is 6.06. The number of carbonyl (C=O) groups excluding carboxylic acids is 2. The number of benzene rings is 1. The number of aryl methyl sites for hydroxylation is 1. The third kappa shape index (κ3) is 2.90. The fourth-order valence-corrected chi connectivity index (χ4v) is 2.58. The van der Waals surface area contributed by atoms with Crippen molar-refractivity contribution in [1.82, 2.24) is 0 Å². The van der Waals surface area contributed by atoms with Crippen LogP contribution >= 0.6 is 11.6 Å². The largest absolute Gasteiger partial charge is 0.442 e. The second-order valence-electron chi connectivity index (χ2n) is 4.18. The van der Waals surface area contributed by atoms with Gasteiger partial charge in [0.2, 0.25) is 0 Å². The van der Waals surface area contributed by atoms with E-state index in [-0.39, 0.29) is 0 Å². The summed E-state index contributed by atoms with van der Waals surface area (Å²) in [5.41, 5.74) is 11.6. The number of hydrogen-bond donors (Lipinski definition) is 2. The second-order valence-corrected chi connectivity index (χ2v) is 4.59. The summed E-state index contributed by atoms with van der Waals surface area (Å²) >= 11 is 6.12. The number of carbonyl (C=O) groups is 2. The predicted molar refractivity (Wildman–Crippen MR) is 67.6 cm³/mol. The molecule has 0 saturated heterocycles. The number of amides is 2. The van der Waals surface area contributed by atoms with E-state index in [9.17, 15) is 9.59 Å². The molecule has 7 heteroatoms. The van der Waals surface area contributed by atoms with Crippen LogP contribution in [0.4, 0.5) is 9.59 Å². The molecule has 2 amide bonds. The maximum Gasteiger partial charge on any atom is 0.405 e. The smallest absolute Gasteiger partial charge is 0.405 e. The van der Waals surface area contributed by atoms with Gasteiger partial charge in [0.25, 0.3) is 0 Å². The van der Waals surface area contributed by atoms with Gasteiger partial charge < -0.3 is 20.9 Å². The van der Waals surface area contributed by atoms with Crippen LogP contribution in [0.2, 0.25) is 5.02 Å². The van der Waals surface area contributed by atoms with Crippen LogP contribution in [0.3, 0.4) is 0 Å². The van der Waals surface area contributed by atoms with Gasteiger partial charge in [0.1, 0.15) is 6.10 Å². The van der Waals surface area contributed by atoms with E-state index in [2.05, 4.69) is 0 Å². The summed E-state index contributed by atoms with van der Waals surface area (Å²) in [5, 5.41) is 0.432. The van der Waals surface area contributed by atoms with Gasteiger partial charge in [-0.1, -0.05) is 23.7 Å². The molecule has 0 aliphatic heterocycles. The average Bonchev–Trinajstić information content (AvgIpc) is 2.31. The van der Waals surface area contributed by atoms with E-state index < -0.39 is 24.4 Å².